The summed E-state index contributed by atoms with van der Waals surface area (Å²) in [4.78, 5) is 13.7. The third-order valence-corrected chi connectivity index (χ3v) is 3.47. The molecule has 3 heteroatoms. The van der Waals surface area contributed by atoms with Crippen molar-refractivity contribution in [3.63, 3.8) is 0 Å². The Labute approximate surface area is 110 Å². The number of benzene rings is 1. The smallest absolute Gasteiger partial charge is 0.195 e. The van der Waals surface area contributed by atoms with Gasteiger partial charge in [0.05, 0.1) is 16.5 Å². The van der Waals surface area contributed by atoms with Crippen molar-refractivity contribution >= 4 is 23.2 Å². The molecule has 0 fully saturated rings. The summed E-state index contributed by atoms with van der Waals surface area (Å²) in [5, 5.41) is 8.68. The van der Waals surface area contributed by atoms with Gasteiger partial charge in [-0.3, -0.25) is 4.79 Å². The number of aryl methyl sites for hydroxylation is 1. The third-order valence-electron chi connectivity index (χ3n) is 2.45. The number of nitriles is 1. The molecule has 0 aliphatic carbocycles. The van der Waals surface area contributed by atoms with Gasteiger partial charge in [0.2, 0.25) is 0 Å². The number of ketones is 1. The van der Waals surface area contributed by atoms with Gasteiger partial charge in [-0.15, -0.1) is 11.3 Å². The second kappa shape index (κ2) is 5.44. The molecule has 18 heavy (non-hydrogen) atoms. The summed E-state index contributed by atoms with van der Waals surface area (Å²) >= 11 is 1.49. The van der Waals surface area contributed by atoms with Gasteiger partial charge in [-0.05, 0) is 42.8 Å². The molecule has 2 nitrogen and oxygen atoms in total. The number of nitrogens with zero attached hydrogens (tertiary/aromatic N) is 1. The van der Waals surface area contributed by atoms with Crippen LogP contribution in [0.25, 0.3) is 6.08 Å². The van der Waals surface area contributed by atoms with Crippen LogP contribution in [0.3, 0.4) is 0 Å². The van der Waals surface area contributed by atoms with E-state index in [4.69, 9.17) is 5.26 Å². The van der Waals surface area contributed by atoms with Crippen molar-refractivity contribution in [2.45, 2.75) is 6.92 Å². The van der Waals surface area contributed by atoms with Crippen molar-refractivity contribution in [2.75, 3.05) is 0 Å². The minimum atomic E-state index is 0.0115. The zero-order valence-corrected chi connectivity index (χ0v) is 10.7. The van der Waals surface area contributed by atoms with Crippen molar-refractivity contribution in [1.29, 1.82) is 5.26 Å². The van der Waals surface area contributed by atoms with Gasteiger partial charge in [-0.2, -0.15) is 5.26 Å². The summed E-state index contributed by atoms with van der Waals surface area (Å²) in [6.45, 7) is 1.98. The van der Waals surface area contributed by atoms with Gasteiger partial charge in [0.25, 0.3) is 0 Å². The second-order valence-electron chi connectivity index (χ2n) is 3.84. The maximum atomic E-state index is 11.8. The normalized spacial score (nSPS) is 10.4. The summed E-state index contributed by atoms with van der Waals surface area (Å²) in [5.41, 5.74) is 1.53. The van der Waals surface area contributed by atoms with Gasteiger partial charge in [0.1, 0.15) is 0 Å². The Morgan fingerprint density at radius 1 is 1.22 bits per heavy atom. The number of thiophene rings is 1. The van der Waals surface area contributed by atoms with E-state index in [1.807, 2.05) is 31.2 Å². The molecule has 1 aromatic carbocycles. The van der Waals surface area contributed by atoms with Gasteiger partial charge < -0.3 is 0 Å². The molecule has 0 saturated heterocycles. The Morgan fingerprint density at radius 3 is 2.50 bits per heavy atom. The molecule has 2 aromatic rings. The Hall–Kier alpha value is -2.18. The van der Waals surface area contributed by atoms with E-state index in [2.05, 4.69) is 6.07 Å². The Balaban J connectivity index is 2.11. The number of carbonyl (C=O) groups is 1. The van der Waals surface area contributed by atoms with E-state index in [9.17, 15) is 4.79 Å². The molecule has 1 heterocycles. The van der Waals surface area contributed by atoms with Crippen LogP contribution in [0.5, 0.6) is 0 Å². The monoisotopic (exact) mass is 253 g/mol. The highest BCUT2D eigenvalue weighted by molar-refractivity contribution is 7.14. The van der Waals surface area contributed by atoms with Crippen molar-refractivity contribution in [2.24, 2.45) is 0 Å². The zero-order valence-electron chi connectivity index (χ0n) is 9.88. The SMILES string of the molecule is Cc1ccc(C(=O)/C=C/c2ccc(C#N)cc2)s1. The average molecular weight is 253 g/mol. The second-order valence-corrected chi connectivity index (χ2v) is 5.13. The molecular weight excluding hydrogens is 242 g/mol. The minimum absolute atomic E-state index is 0.0115. The summed E-state index contributed by atoms with van der Waals surface area (Å²) in [6.07, 6.45) is 3.32. The lowest BCUT2D eigenvalue weighted by Crippen LogP contribution is -1.88. The molecule has 0 aliphatic rings. The zero-order chi connectivity index (χ0) is 13.0. The Kier molecular flexibility index (Phi) is 3.71. The molecule has 0 bridgehead atoms. The van der Waals surface area contributed by atoms with E-state index >= 15 is 0 Å². The lowest BCUT2D eigenvalue weighted by atomic mass is 10.1. The first-order valence-electron chi connectivity index (χ1n) is 5.48. The molecule has 0 spiro atoms. The van der Waals surface area contributed by atoms with E-state index in [1.54, 1.807) is 24.3 Å². The fraction of sp³-hybridized carbons (Fsp3) is 0.0667. The molecule has 0 radical (unpaired) electrons. The van der Waals surface area contributed by atoms with Crippen LogP contribution in [0, 0.1) is 18.3 Å². The highest BCUT2D eigenvalue weighted by Gasteiger charge is 2.03. The van der Waals surface area contributed by atoms with Crippen LogP contribution in [0.2, 0.25) is 0 Å². The molecule has 88 valence electrons. The number of hydrogen-bond donors (Lipinski definition) is 0. The molecule has 2 rings (SSSR count). The summed E-state index contributed by atoms with van der Waals surface area (Å²) in [7, 11) is 0. The molecule has 0 amide bonds. The van der Waals surface area contributed by atoms with Crippen LogP contribution in [0.4, 0.5) is 0 Å². The largest absolute Gasteiger partial charge is 0.288 e. The maximum Gasteiger partial charge on any atom is 0.195 e. The van der Waals surface area contributed by atoms with Crippen molar-refractivity contribution in [3.8, 4) is 6.07 Å². The van der Waals surface area contributed by atoms with E-state index in [-0.39, 0.29) is 5.78 Å². The molecular formula is C15H11NOS. The van der Waals surface area contributed by atoms with E-state index < -0.39 is 0 Å². The molecule has 0 unspecified atom stereocenters. The predicted molar refractivity (Wildman–Crippen MR) is 73.6 cm³/mol. The van der Waals surface area contributed by atoms with E-state index in [1.165, 1.54) is 11.3 Å². The number of carbonyl (C=O) groups excluding carboxylic acids is 1. The van der Waals surface area contributed by atoms with E-state index in [0.717, 1.165) is 15.3 Å². The highest BCUT2D eigenvalue weighted by Crippen LogP contribution is 2.16. The summed E-state index contributed by atoms with van der Waals surface area (Å²) in [6, 6.07) is 12.9. The highest BCUT2D eigenvalue weighted by atomic mass is 32.1. The van der Waals surface area contributed by atoms with Gasteiger partial charge in [0.15, 0.2) is 5.78 Å². The molecule has 0 N–H and O–H groups in total. The number of rotatable bonds is 3. The van der Waals surface area contributed by atoms with Crippen LogP contribution in [-0.2, 0) is 0 Å². The lowest BCUT2D eigenvalue weighted by Gasteiger charge is -1.93. The van der Waals surface area contributed by atoms with Gasteiger partial charge in [-0.1, -0.05) is 18.2 Å². The number of hydrogen-bond acceptors (Lipinski definition) is 3. The minimum Gasteiger partial charge on any atom is -0.288 e. The Bertz CT molecular complexity index is 629. The average Bonchev–Trinajstić information content (AvgIpc) is 2.83. The molecule has 0 atom stereocenters. The van der Waals surface area contributed by atoms with Crippen LogP contribution in [-0.4, -0.2) is 5.78 Å². The van der Waals surface area contributed by atoms with Crippen LogP contribution >= 0.6 is 11.3 Å². The lowest BCUT2D eigenvalue weighted by molar-refractivity contribution is 0.105. The maximum absolute atomic E-state index is 11.8. The standard InChI is InChI=1S/C15H11NOS/c1-11-2-9-15(18-11)14(17)8-7-12-3-5-13(10-16)6-4-12/h2-9H,1H3/b8-7+. The molecule has 0 aliphatic heterocycles. The van der Waals surface area contributed by atoms with Crippen molar-refractivity contribution < 1.29 is 4.79 Å². The first-order valence-corrected chi connectivity index (χ1v) is 6.30. The van der Waals surface area contributed by atoms with Gasteiger partial charge >= 0.3 is 0 Å². The fourth-order valence-corrected chi connectivity index (χ4v) is 2.28. The number of allylic oxidation sites excluding steroid dienone is 1. The molecule has 1 aromatic heterocycles. The first-order chi connectivity index (χ1) is 8.69. The third kappa shape index (κ3) is 2.93. The van der Waals surface area contributed by atoms with Crippen molar-refractivity contribution in [1.82, 2.24) is 0 Å². The summed E-state index contributed by atoms with van der Waals surface area (Å²) in [5.74, 6) is 0.0115. The van der Waals surface area contributed by atoms with Crippen LogP contribution < -0.4 is 0 Å². The van der Waals surface area contributed by atoms with Crippen LogP contribution in [0.15, 0.2) is 42.5 Å². The topological polar surface area (TPSA) is 40.9 Å². The first kappa shape index (κ1) is 12.3. The van der Waals surface area contributed by atoms with Gasteiger partial charge in [0, 0.05) is 4.88 Å². The Morgan fingerprint density at radius 2 is 1.94 bits per heavy atom. The predicted octanol–water partition coefficient (Wildman–Crippen LogP) is 3.82. The quantitative estimate of drug-likeness (QED) is 0.616. The van der Waals surface area contributed by atoms with E-state index in [0.29, 0.717) is 5.56 Å². The molecule has 0 saturated carbocycles. The summed E-state index contributed by atoms with van der Waals surface area (Å²) < 4.78 is 0. The fourth-order valence-electron chi connectivity index (χ4n) is 1.49. The van der Waals surface area contributed by atoms with Crippen LogP contribution in [0.1, 0.15) is 25.7 Å². The van der Waals surface area contributed by atoms with Gasteiger partial charge in [-0.25, -0.2) is 0 Å². The van der Waals surface area contributed by atoms with Crippen molar-refractivity contribution in [3.05, 3.63) is 63.4 Å².